The number of amides is 1. The molecule has 3 aromatic rings. The largest absolute Gasteiger partial charge is 0.324 e. The fourth-order valence-electron chi connectivity index (χ4n) is 2.22. The third-order valence-electron chi connectivity index (χ3n) is 3.20. The lowest BCUT2D eigenvalue weighted by atomic mass is 10.1. The van der Waals surface area contributed by atoms with E-state index in [1.807, 2.05) is 47.1 Å². The number of pyridine rings is 1. The first-order valence-corrected chi connectivity index (χ1v) is 6.76. The number of carbonyl (C=O) groups is 1. The Morgan fingerprint density at radius 2 is 1.95 bits per heavy atom. The van der Waals surface area contributed by atoms with Crippen molar-refractivity contribution >= 4 is 17.2 Å². The Hall–Kier alpha value is -2.66. The Morgan fingerprint density at radius 3 is 2.71 bits per heavy atom. The van der Waals surface area contributed by atoms with Crippen molar-refractivity contribution in [2.45, 2.75) is 6.42 Å². The van der Waals surface area contributed by atoms with E-state index in [0.717, 1.165) is 17.8 Å². The molecule has 0 saturated heterocycles. The lowest BCUT2D eigenvalue weighted by Gasteiger charge is -2.03. The fraction of sp³-hybridized carbons (Fsp3) is 0.125. The van der Waals surface area contributed by atoms with Crippen molar-refractivity contribution in [3.63, 3.8) is 0 Å². The van der Waals surface area contributed by atoms with Crippen LogP contribution in [0.1, 0.15) is 11.3 Å². The molecule has 3 rings (SSSR count). The summed E-state index contributed by atoms with van der Waals surface area (Å²) in [7, 11) is 0. The highest BCUT2D eigenvalue weighted by Gasteiger charge is 2.05. The quantitative estimate of drug-likeness (QED) is 0.765. The number of imidazole rings is 1. The second kappa shape index (κ2) is 5.76. The number of aromatic nitrogens is 2. The number of hydrogen-bond acceptors (Lipinski definition) is 3. The molecule has 0 saturated carbocycles. The van der Waals surface area contributed by atoms with Gasteiger partial charge in [0, 0.05) is 18.8 Å². The molecular formula is C16H16N4O. The summed E-state index contributed by atoms with van der Waals surface area (Å²) in [4.78, 5) is 15.9. The van der Waals surface area contributed by atoms with Gasteiger partial charge in [-0.2, -0.15) is 0 Å². The van der Waals surface area contributed by atoms with E-state index in [-0.39, 0.29) is 12.5 Å². The molecule has 0 unspecified atom stereocenters. The molecule has 2 aromatic heterocycles. The van der Waals surface area contributed by atoms with E-state index in [0.29, 0.717) is 5.69 Å². The summed E-state index contributed by atoms with van der Waals surface area (Å²) >= 11 is 0. The predicted molar refractivity (Wildman–Crippen MR) is 82.1 cm³/mol. The van der Waals surface area contributed by atoms with Crippen LogP contribution in [0.25, 0.3) is 5.65 Å². The van der Waals surface area contributed by atoms with Crippen molar-refractivity contribution in [3.05, 3.63) is 66.1 Å². The van der Waals surface area contributed by atoms with Crippen LogP contribution in [0.3, 0.4) is 0 Å². The third-order valence-corrected chi connectivity index (χ3v) is 3.20. The zero-order valence-electron chi connectivity index (χ0n) is 11.5. The Balaban J connectivity index is 1.84. The Labute approximate surface area is 122 Å². The normalized spacial score (nSPS) is 10.7. The molecule has 0 fully saturated rings. The van der Waals surface area contributed by atoms with E-state index in [1.165, 1.54) is 5.56 Å². The summed E-state index contributed by atoms with van der Waals surface area (Å²) < 4.78 is 1.91. The molecule has 0 spiro atoms. The van der Waals surface area contributed by atoms with Gasteiger partial charge in [0.25, 0.3) is 0 Å². The first-order chi connectivity index (χ1) is 10.2. The first kappa shape index (κ1) is 13.3. The molecular weight excluding hydrogens is 264 g/mol. The highest BCUT2D eigenvalue weighted by molar-refractivity contribution is 5.92. The van der Waals surface area contributed by atoms with Gasteiger partial charge in [-0.1, -0.05) is 30.3 Å². The molecule has 0 atom stereocenters. The molecule has 106 valence electrons. The van der Waals surface area contributed by atoms with Crippen LogP contribution in [0.2, 0.25) is 0 Å². The average Bonchev–Trinajstić information content (AvgIpc) is 2.89. The highest BCUT2D eigenvalue weighted by atomic mass is 16.1. The Kier molecular flexibility index (Phi) is 3.66. The molecule has 1 aromatic carbocycles. The molecule has 0 aliphatic heterocycles. The maximum absolute atomic E-state index is 11.3. The SMILES string of the molecule is NCC(=O)Nc1ccc2nc(Cc3ccccc3)cn2c1. The van der Waals surface area contributed by atoms with Crippen LogP contribution in [-0.4, -0.2) is 21.8 Å². The van der Waals surface area contributed by atoms with Crippen LogP contribution in [0.15, 0.2) is 54.9 Å². The molecule has 1 amide bonds. The van der Waals surface area contributed by atoms with E-state index in [4.69, 9.17) is 5.73 Å². The van der Waals surface area contributed by atoms with E-state index in [1.54, 1.807) is 0 Å². The van der Waals surface area contributed by atoms with Crippen LogP contribution in [0.4, 0.5) is 5.69 Å². The molecule has 3 N–H and O–H groups in total. The summed E-state index contributed by atoms with van der Waals surface area (Å²) in [5.74, 6) is -0.209. The van der Waals surface area contributed by atoms with Gasteiger partial charge in [0.05, 0.1) is 17.9 Å². The monoisotopic (exact) mass is 280 g/mol. The second-order valence-corrected chi connectivity index (χ2v) is 4.83. The molecule has 0 radical (unpaired) electrons. The number of benzene rings is 1. The topological polar surface area (TPSA) is 72.4 Å². The van der Waals surface area contributed by atoms with Crippen LogP contribution >= 0.6 is 0 Å². The standard InChI is InChI=1S/C16H16N4O/c17-9-16(21)19-13-6-7-15-18-14(11-20(15)10-13)8-12-4-2-1-3-5-12/h1-7,10-11H,8-9,17H2,(H,19,21). The minimum Gasteiger partial charge on any atom is -0.324 e. The number of nitrogens with two attached hydrogens (primary N) is 1. The van der Waals surface area contributed by atoms with Crippen LogP contribution < -0.4 is 11.1 Å². The smallest absolute Gasteiger partial charge is 0.238 e. The van der Waals surface area contributed by atoms with Gasteiger partial charge in [-0.25, -0.2) is 4.98 Å². The maximum Gasteiger partial charge on any atom is 0.238 e. The number of fused-ring (bicyclic) bond motifs is 1. The van der Waals surface area contributed by atoms with Crippen molar-refractivity contribution in [1.29, 1.82) is 0 Å². The van der Waals surface area contributed by atoms with Crippen molar-refractivity contribution in [2.75, 3.05) is 11.9 Å². The van der Waals surface area contributed by atoms with Crippen molar-refractivity contribution in [3.8, 4) is 0 Å². The fourth-order valence-corrected chi connectivity index (χ4v) is 2.22. The Bertz CT molecular complexity index is 764. The maximum atomic E-state index is 11.3. The summed E-state index contributed by atoms with van der Waals surface area (Å²) in [5, 5.41) is 2.73. The lowest BCUT2D eigenvalue weighted by molar-refractivity contribution is -0.114. The zero-order valence-corrected chi connectivity index (χ0v) is 11.5. The van der Waals surface area contributed by atoms with Gasteiger partial charge in [-0.15, -0.1) is 0 Å². The number of anilines is 1. The summed E-state index contributed by atoms with van der Waals surface area (Å²) in [6.45, 7) is -0.0266. The van der Waals surface area contributed by atoms with Gasteiger partial charge < -0.3 is 15.5 Å². The van der Waals surface area contributed by atoms with Gasteiger partial charge in [-0.05, 0) is 17.7 Å². The minimum atomic E-state index is -0.209. The van der Waals surface area contributed by atoms with Crippen molar-refractivity contribution in [1.82, 2.24) is 9.38 Å². The third kappa shape index (κ3) is 3.09. The van der Waals surface area contributed by atoms with Crippen LogP contribution in [-0.2, 0) is 11.2 Å². The predicted octanol–water partition coefficient (Wildman–Crippen LogP) is 1.82. The van der Waals surface area contributed by atoms with Gasteiger partial charge >= 0.3 is 0 Å². The first-order valence-electron chi connectivity index (χ1n) is 6.76. The molecule has 0 aliphatic carbocycles. The van der Waals surface area contributed by atoms with E-state index in [2.05, 4.69) is 22.4 Å². The number of carbonyl (C=O) groups excluding carboxylic acids is 1. The van der Waals surface area contributed by atoms with E-state index in [9.17, 15) is 4.79 Å². The van der Waals surface area contributed by atoms with E-state index < -0.39 is 0 Å². The Morgan fingerprint density at radius 1 is 1.14 bits per heavy atom. The summed E-state index contributed by atoms with van der Waals surface area (Å²) in [6.07, 6.45) is 4.60. The van der Waals surface area contributed by atoms with Crippen molar-refractivity contribution in [2.24, 2.45) is 5.73 Å². The van der Waals surface area contributed by atoms with Crippen molar-refractivity contribution < 1.29 is 4.79 Å². The zero-order chi connectivity index (χ0) is 14.7. The van der Waals surface area contributed by atoms with E-state index >= 15 is 0 Å². The molecule has 5 nitrogen and oxygen atoms in total. The molecule has 2 heterocycles. The van der Waals surface area contributed by atoms with Gasteiger partial charge in [-0.3, -0.25) is 4.79 Å². The summed E-state index contributed by atoms with van der Waals surface area (Å²) in [6, 6.07) is 13.9. The number of hydrogen-bond donors (Lipinski definition) is 2. The van der Waals surface area contributed by atoms with Crippen LogP contribution in [0, 0.1) is 0 Å². The van der Waals surface area contributed by atoms with Crippen LogP contribution in [0.5, 0.6) is 0 Å². The molecule has 0 aliphatic rings. The summed E-state index contributed by atoms with van der Waals surface area (Å²) in [5.41, 5.74) is 9.06. The number of rotatable bonds is 4. The average molecular weight is 280 g/mol. The highest BCUT2D eigenvalue weighted by Crippen LogP contribution is 2.14. The van der Waals surface area contributed by atoms with Gasteiger partial charge in [0.15, 0.2) is 0 Å². The van der Waals surface area contributed by atoms with Gasteiger partial charge in [0.1, 0.15) is 5.65 Å². The number of nitrogens with one attached hydrogen (secondary N) is 1. The lowest BCUT2D eigenvalue weighted by Crippen LogP contribution is -2.21. The second-order valence-electron chi connectivity index (χ2n) is 4.83. The minimum absolute atomic E-state index is 0.0266. The molecule has 0 bridgehead atoms. The molecule has 21 heavy (non-hydrogen) atoms. The van der Waals surface area contributed by atoms with Gasteiger partial charge in [0.2, 0.25) is 5.91 Å². The number of nitrogens with zero attached hydrogens (tertiary/aromatic N) is 2. The molecule has 5 heteroatoms.